The van der Waals surface area contributed by atoms with E-state index in [1.807, 2.05) is 27.7 Å². The van der Waals surface area contributed by atoms with Gasteiger partial charge in [-0.05, 0) is 87.9 Å². The molecule has 2 fully saturated rings. The quantitative estimate of drug-likeness (QED) is 0.471. The molecule has 3 rings (SSSR count). The van der Waals surface area contributed by atoms with Crippen molar-refractivity contribution < 1.29 is 24.5 Å². The zero-order valence-electron chi connectivity index (χ0n) is 20.3. The van der Waals surface area contributed by atoms with E-state index in [0.717, 1.165) is 36.8 Å². The molecule has 5 heteroatoms. The van der Waals surface area contributed by atoms with Crippen LogP contribution in [0.5, 0.6) is 0 Å². The first-order valence-corrected chi connectivity index (χ1v) is 11.9. The molecule has 0 amide bonds. The minimum atomic E-state index is -0.664. The van der Waals surface area contributed by atoms with Gasteiger partial charge < -0.3 is 19.7 Å². The number of carbonyl (C=O) groups excluding carboxylic acids is 1. The monoisotopic (exact) mass is 444 g/mol. The molecule has 3 aliphatic rings. The largest absolute Gasteiger partial charge is 0.458 e. The lowest BCUT2D eigenvalue weighted by Crippen LogP contribution is -2.35. The van der Waals surface area contributed by atoms with Gasteiger partial charge in [0.15, 0.2) is 0 Å². The van der Waals surface area contributed by atoms with Crippen LogP contribution in [0.15, 0.2) is 47.1 Å². The summed E-state index contributed by atoms with van der Waals surface area (Å²) in [6.45, 7) is 13.9. The molecule has 0 spiro atoms. The highest BCUT2D eigenvalue weighted by atomic mass is 16.6. The van der Waals surface area contributed by atoms with Crippen molar-refractivity contribution in [2.75, 3.05) is 6.61 Å². The van der Waals surface area contributed by atoms with E-state index in [1.54, 1.807) is 0 Å². The molecule has 5 nitrogen and oxygen atoms in total. The maximum atomic E-state index is 12.1. The molecule has 0 aromatic carbocycles. The number of ether oxygens (including phenoxy) is 2. The Morgan fingerprint density at radius 3 is 2.75 bits per heavy atom. The number of carbonyl (C=O) groups is 1. The van der Waals surface area contributed by atoms with Gasteiger partial charge in [-0.2, -0.15) is 0 Å². The average molecular weight is 445 g/mol. The molecule has 0 bridgehead atoms. The van der Waals surface area contributed by atoms with Gasteiger partial charge in [-0.25, -0.2) is 4.79 Å². The van der Waals surface area contributed by atoms with Crippen molar-refractivity contribution in [1.82, 2.24) is 0 Å². The number of rotatable bonds is 5. The molecule has 0 aromatic rings. The molecule has 2 N–H and O–H groups in total. The van der Waals surface area contributed by atoms with E-state index in [2.05, 4.69) is 31.7 Å². The molecule has 5 atom stereocenters. The smallest absolute Gasteiger partial charge is 0.332 e. The summed E-state index contributed by atoms with van der Waals surface area (Å²) >= 11 is 0. The Kier molecular flexibility index (Phi) is 7.53. The van der Waals surface area contributed by atoms with E-state index in [-0.39, 0.29) is 24.1 Å². The summed E-state index contributed by atoms with van der Waals surface area (Å²) in [5, 5.41) is 20.1. The number of aliphatic hydroxyl groups is 2. The van der Waals surface area contributed by atoms with Gasteiger partial charge >= 0.3 is 5.97 Å². The highest BCUT2D eigenvalue weighted by Crippen LogP contribution is 2.55. The molecular formula is C27H40O5. The fourth-order valence-electron chi connectivity index (χ4n) is 5.60. The van der Waals surface area contributed by atoms with Crippen LogP contribution in [-0.2, 0) is 14.3 Å². The molecule has 0 aliphatic heterocycles. The summed E-state index contributed by atoms with van der Waals surface area (Å²) in [6, 6.07) is 0. The topological polar surface area (TPSA) is 76.0 Å². The van der Waals surface area contributed by atoms with Crippen molar-refractivity contribution in [2.45, 2.75) is 97.1 Å². The van der Waals surface area contributed by atoms with Gasteiger partial charge in [-0.3, -0.25) is 0 Å². The van der Waals surface area contributed by atoms with Crippen LogP contribution < -0.4 is 0 Å². The molecule has 0 saturated heterocycles. The Balaban J connectivity index is 1.69. The summed E-state index contributed by atoms with van der Waals surface area (Å²) < 4.78 is 11.3. The molecule has 0 unspecified atom stereocenters. The van der Waals surface area contributed by atoms with Gasteiger partial charge in [0.2, 0.25) is 0 Å². The van der Waals surface area contributed by atoms with Crippen LogP contribution in [0.1, 0.15) is 73.1 Å². The average Bonchev–Trinajstić information content (AvgIpc) is 3.04. The first-order chi connectivity index (χ1) is 14.9. The lowest BCUT2D eigenvalue weighted by atomic mass is 9.63. The van der Waals surface area contributed by atoms with Crippen molar-refractivity contribution in [3.8, 4) is 0 Å². The van der Waals surface area contributed by atoms with E-state index in [0.29, 0.717) is 18.8 Å². The minimum absolute atomic E-state index is 0.0124. The van der Waals surface area contributed by atoms with Gasteiger partial charge in [-0.1, -0.05) is 37.3 Å². The first kappa shape index (κ1) is 24.9. The standard InChI is InChI=1S/C27H40O5/c1-17-20(14-21(28)15-24(17)29)10-9-19-8-7-13-27(6)22(11-12-23(19)27)18(2)31-16-25(30)32-26(3,4)5/h9-11,18,21,23-24,28-29H,1,7-8,12-16H2,2-6H3/b19-9+,20-10-/t18-,21+,23-,24-,27+/m0/s1. The minimum Gasteiger partial charge on any atom is -0.458 e. The van der Waals surface area contributed by atoms with Gasteiger partial charge in [0.05, 0.1) is 18.3 Å². The fourth-order valence-corrected chi connectivity index (χ4v) is 5.60. The van der Waals surface area contributed by atoms with Crippen LogP contribution in [0, 0.1) is 11.3 Å². The van der Waals surface area contributed by atoms with Gasteiger partial charge in [0.1, 0.15) is 12.2 Å². The van der Waals surface area contributed by atoms with Crippen LogP contribution >= 0.6 is 0 Å². The Morgan fingerprint density at radius 1 is 1.34 bits per heavy atom. The Morgan fingerprint density at radius 2 is 2.06 bits per heavy atom. The van der Waals surface area contributed by atoms with Crippen LogP contribution in [0.4, 0.5) is 0 Å². The summed E-state index contributed by atoms with van der Waals surface area (Å²) in [5.74, 6) is 0.0694. The maximum Gasteiger partial charge on any atom is 0.332 e. The molecule has 32 heavy (non-hydrogen) atoms. The second-order valence-corrected chi connectivity index (χ2v) is 10.8. The molecule has 0 aromatic heterocycles. The van der Waals surface area contributed by atoms with Gasteiger partial charge in [0.25, 0.3) is 0 Å². The van der Waals surface area contributed by atoms with Crippen molar-refractivity contribution in [1.29, 1.82) is 0 Å². The van der Waals surface area contributed by atoms with Crippen molar-refractivity contribution in [3.63, 3.8) is 0 Å². The zero-order chi connectivity index (χ0) is 23.7. The summed E-state index contributed by atoms with van der Waals surface area (Å²) in [4.78, 5) is 12.1. The molecule has 0 radical (unpaired) electrons. The number of hydrogen-bond acceptors (Lipinski definition) is 5. The van der Waals surface area contributed by atoms with Crippen LogP contribution in [0.25, 0.3) is 0 Å². The third-order valence-corrected chi connectivity index (χ3v) is 7.18. The predicted octanol–water partition coefficient (Wildman–Crippen LogP) is 4.79. The van der Waals surface area contributed by atoms with E-state index in [1.165, 1.54) is 11.1 Å². The third-order valence-electron chi connectivity index (χ3n) is 7.18. The van der Waals surface area contributed by atoms with E-state index in [9.17, 15) is 15.0 Å². The highest BCUT2D eigenvalue weighted by molar-refractivity contribution is 5.71. The van der Waals surface area contributed by atoms with Crippen LogP contribution in [0.2, 0.25) is 0 Å². The Hall–Kier alpha value is -1.69. The van der Waals surface area contributed by atoms with Gasteiger partial charge in [-0.15, -0.1) is 0 Å². The first-order valence-electron chi connectivity index (χ1n) is 11.9. The summed E-state index contributed by atoms with van der Waals surface area (Å²) in [6.07, 6.45) is 10.3. The fraction of sp³-hybridized carbons (Fsp3) is 0.667. The van der Waals surface area contributed by atoms with Crippen molar-refractivity contribution >= 4 is 5.97 Å². The van der Waals surface area contributed by atoms with Crippen molar-refractivity contribution in [2.24, 2.45) is 11.3 Å². The normalized spacial score (nSPS) is 34.4. The van der Waals surface area contributed by atoms with Crippen molar-refractivity contribution in [3.05, 3.63) is 47.1 Å². The number of hydrogen-bond donors (Lipinski definition) is 2. The molecule has 3 aliphatic carbocycles. The zero-order valence-corrected chi connectivity index (χ0v) is 20.3. The molecule has 2 saturated carbocycles. The van der Waals surface area contributed by atoms with E-state index < -0.39 is 17.8 Å². The summed E-state index contributed by atoms with van der Waals surface area (Å²) in [5.41, 5.74) is 3.84. The number of aliphatic hydroxyl groups excluding tert-OH is 2. The molecular weight excluding hydrogens is 404 g/mol. The maximum absolute atomic E-state index is 12.1. The summed E-state index contributed by atoms with van der Waals surface area (Å²) in [7, 11) is 0. The van der Waals surface area contributed by atoms with Gasteiger partial charge in [0, 0.05) is 6.42 Å². The number of esters is 1. The molecule has 178 valence electrons. The molecule has 0 heterocycles. The predicted molar refractivity (Wildman–Crippen MR) is 126 cm³/mol. The number of allylic oxidation sites excluding steroid dienone is 4. The van der Waals surface area contributed by atoms with Crippen LogP contribution in [0.3, 0.4) is 0 Å². The van der Waals surface area contributed by atoms with E-state index >= 15 is 0 Å². The lowest BCUT2D eigenvalue weighted by molar-refractivity contribution is -0.161. The van der Waals surface area contributed by atoms with E-state index in [4.69, 9.17) is 9.47 Å². The Labute approximate surface area is 192 Å². The third kappa shape index (κ3) is 5.62. The second kappa shape index (κ2) is 9.66. The van der Waals surface area contributed by atoms with Crippen LogP contribution in [-0.4, -0.2) is 46.7 Å². The number of fused-ring (bicyclic) bond motifs is 1. The second-order valence-electron chi connectivity index (χ2n) is 10.8. The lowest BCUT2D eigenvalue weighted by Gasteiger charge is -2.42. The Bertz CT molecular complexity index is 827. The highest BCUT2D eigenvalue weighted by Gasteiger charge is 2.46. The SMILES string of the molecule is C=C1/C(=C\C=C2/CCC[C@]3(C)C([C@H](C)OCC(=O)OC(C)(C)C)=CC[C@@H]23)C[C@@H](O)C[C@@H]1O.